The van der Waals surface area contributed by atoms with E-state index in [0.29, 0.717) is 27.4 Å². The molecule has 0 aliphatic rings. The zero-order chi connectivity index (χ0) is 17.3. The number of hydrogen-bond donors (Lipinski definition) is 1. The number of aryl methyl sites for hydroxylation is 1. The summed E-state index contributed by atoms with van der Waals surface area (Å²) in [5, 5.41) is 3.68. The number of fused-ring (bicyclic) bond motifs is 1. The molecule has 122 valence electrons. The third kappa shape index (κ3) is 3.12. The second-order valence-corrected chi connectivity index (χ2v) is 5.70. The van der Waals surface area contributed by atoms with Gasteiger partial charge in [-0.1, -0.05) is 23.2 Å². The van der Waals surface area contributed by atoms with Gasteiger partial charge in [0.2, 0.25) is 0 Å². The first-order chi connectivity index (χ1) is 11.5. The molecule has 24 heavy (non-hydrogen) atoms. The lowest BCUT2D eigenvalue weighted by Gasteiger charge is -2.08. The van der Waals surface area contributed by atoms with Gasteiger partial charge < -0.3 is 14.5 Å². The minimum absolute atomic E-state index is 0.0694. The number of hydrogen-bond acceptors (Lipinski definition) is 4. The number of benzene rings is 2. The van der Waals surface area contributed by atoms with E-state index in [4.69, 9.17) is 20.8 Å². The molecule has 0 bridgehead atoms. The molecule has 0 radical (unpaired) electrons. The molecule has 2 aromatic carbocycles. The van der Waals surface area contributed by atoms with Crippen LogP contribution in [0.2, 0.25) is 5.02 Å². The van der Waals surface area contributed by atoms with E-state index in [1.54, 1.807) is 24.3 Å². The Morgan fingerprint density at radius 3 is 2.67 bits per heavy atom. The Morgan fingerprint density at radius 1 is 1.17 bits per heavy atom. The van der Waals surface area contributed by atoms with E-state index in [1.807, 2.05) is 19.1 Å². The summed E-state index contributed by atoms with van der Waals surface area (Å²) in [4.78, 5) is 24.4. The molecule has 1 heterocycles. The smallest absolute Gasteiger partial charge is 0.349 e. The summed E-state index contributed by atoms with van der Waals surface area (Å²) in [5.41, 5.74) is 1.14. The minimum Gasteiger partial charge on any atom is -0.495 e. The molecule has 0 spiro atoms. The zero-order valence-corrected chi connectivity index (χ0v) is 13.8. The van der Waals surface area contributed by atoms with Crippen LogP contribution in [0.5, 0.6) is 5.75 Å². The Kier molecular flexibility index (Phi) is 4.27. The molecule has 5 nitrogen and oxygen atoms in total. The third-order valence-corrected chi connectivity index (χ3v) is 3.84. The lowest BCUT2D eigenvalue weighted by molar-refractivity contribution is 0.102. The van der Waals surface area contributed by atoms with Crippen LogP contribution in [0, 0.1) is 6.92 Å². The van der Waals surface area contributed by atoms with Crippen LogP contribution in [0.3, 0.4) is 0 Å². The Bertz CT molecular complexity index is 994. The normalized spacial score (nSPS) is 10.6. The van der Waals surface area contributed by atoms with Crippen LogP contribution in [0.1, 0.15) is 15.9 Å². The SMILES string of the molecule is COc1ccc(NC(=O)c2cc3cc(C)ccc3oc2=O)cc1Cl. The van der Waals surface area contributed by atoms with E-state index in [2.05, 4.69) is 5.32 Å². The van der Waals surface area contributed by atoms with Gasteiger partial charge in [0.1, 0.15) is 16.9 Å². The fourth-order valence-electron chi connectivity index (χ4n) is 2.34. The number of nitrogens with one attached hydrogen (secondary N) is 1. The fourth-order valence-corrected chi connectivity index (χ4v) is 2.60. The molecule has 3 aromatic rings. The van der Waals surface area contributed by atoms with Gasteiger partial charge in [0, 0.05) is 11.1 Å². The number of halogens is 1. The monoisotopic (exact) mass is 343 g/mol. The van der Waals surface area contributed by atoms with Gasteiger partial charge in [-0.25, -0.2) is 4.79 Å². The van der Waals surface area contributed by atoms with Gasteiger partial charge in [0.05, 0.1) is 12.1 Å². The van der Waals surface area contributed by atoms with E-state index in [-0.39, 0.29) is 5.56 Å². The van der Waals surface area contributed by atoms with Crippen molar-refractivity contribution in [3.63, 3.8) is 0 Å². The molecule has 6 heteroatoms. The molecular formula is C18H14ClNO4. The fraction of sp³-hybridized carbons (Fsp3) is 0.111. The molecule has 0 atom stereocenters. The van der Waals surface area contributed by atoms with Crippen molar-refractivity contribution < 1.29 is 13.9 Å². The van der Waals surface area contributed by atoms with Crippen LogP contribution in [-0.2, 0) is 0 Å². The van der Waals surface area contributed by atoms with Gasteiger partial charge in [-0.2, -0.15) is 0 Å². The van der Waals surface area contributed by atoms with E-state index in [1.165, 1.54) is 13.2 Å². The number of rotatable bonds is 3. The van der Waals surface area contributed by atoms with Crippen molar-refractivity contribution in [1.29, 1.82) is 0 Å². The van der Waals surface area contributed by atoms with Crippen LogP contribution in [-0.4, -0.2) is 13.0 Å². The first-order valence-electron chi connectivity index (χ1n) is 7.17. The van der Waals surface area contributed by atoms with E-state index in [0.717, 1.165) is 5.56 Å². The molecule has 1 aromatic heterocycles. The average molecular weight is 344 g/mol. The summed E-state index contributed by atoms with van der Waals surface area (Å²) in [6.07, 6.45) is 0. The van der Waals surface area contributed by atoms with Gasteiger partial charge in [-0.3, -0.25) is 4.79 Å². The van der Waals surface area contributed by atoms with Crippen LogP contribution >= 0.6 is 11.6 Å². The maximum Gasteiger partial charge on any atom is 0.349 e. The van der Waals surface area contributed by atoms with Crippen molar-refractivity contribution >= 4 is 34.2 Å². The maximum absolute atomic E-state index is 12.4. The Morgan fingerprint density at radius 2 is 1.96 bits per heavy atom. The molecule has 0 fully saturated rings. The van der Waals surface area contributed by atoms with Crippen LogP contribution in [0.4, 0.5) is 5.69 Å². The average Bonchev–Trinajstić information content (AvgIpc) is 2.54. The molecule has 0 aliphatic carbocycles. The van der Waals surface area contributed by atoms with Crippen molar-refractivity contribution in [1.82, 2.24) is 0 Å². The topological polar surface area (TPSA) is 68.5 Å². The molecular weight excluding hydrogens is 330 g/mol. The highest BCUT2D eigenvalue weighted by molar-refractivity contribution is 6.32. The standard InChI is InChI=1S/C18H14ClNO4/c1-10-3-5-15-11(7-10)8-13(18(22)24-15)17(21)20-12-4-6-16(23-2)14(19)9-12/h3-9H,1-2H3,(H,20,21). The molecule has 1 N–H and O–H groups in total. The summed E-state index contributed by atoms with van der Waals surface area (Å²) >= 11 is 6.03. The lowest BCUT2D eigenvalue weighted by atomic mass is 10.1. The Balaban J connectivity index is 1.95. The zero-order valence-electron chi connectivity index (χ0n) is 13.1. The van der Waals surface area contributed by atoms with Crippen LogP contribution in [0.15, 0.2) is 51.7 Å². The van der Waals surface area contributed by atoms with Gasteiger partial charge in [0.25, 0.3) is 5.91 Å². The summed E-state index contributed by atoms with van der Waals surface area (Å²) in [6.45, 7) is 1.92. The van der Waals surface area contributed by atoms with Crippen molar-refractivity contribution in [3.8, 4) is 5.75 Å². The quantitative estimate of drug-likeness (QED) is 0.729. The van der Waals surface area contributed by atoms with Crippen LogP contribution in [0.25, 0.3) is 11.0 Å². The van der Waals surface area contributed by atoms with E-state index < -0.39 is 11.5 Å². The number of ether oxygens (including phenoxy) is 1. The Labute approximate surface area is 142 Å². The molecule has 1 amide bonds. The molecule has 0 saturated carbocycles. The van der Waals surface area contributed by atoms with Gasteiger partial charge in [-0.05, 0) is 43.3 Å². The molecule has 0 unspecified atom stereocenters. The van der Waals surface area contributed by atoms with Crippen molar-refractivity contribution in [2.75, 3.05) is 12.4 Å². The predicted octanol–water partition coefficient (Wildman–Crippen LogP) is 4.02. The Hall–Kier alpha value is -2.79. The maximum atomic E-state index is 12.4. The van der Waals surface area contributed by atoms with Crippen LogP contribution < -0.4 is 15.7 Å². The second kappa shape index (κ2) is 6.37. The summed E-state index contributed by atoms with van der Waals surface area (Å²) in [7, 11) is 1.50. The van der Waals surface area contributed by atoms with E-state index in [9.17, 15) is 9.59 Å². The van der Waals surface area contributed by atoms with Gasteiger partial charge >= 0.3 is 5.63 Å². The number of amides is 1. The number of anilines is 1. The highest BCUT2D eigenvalue weighted by atomic mass is 35.5. The largest absolute Gasteiger partial charge is 0.495 e. The molecule has 0 saturated heterocycles. The first kappa shape index (κ1) is 16.1. The molecule has 3 rings (SSSR count). The highest BCUT2D eigenvalue weighted by Gasteiger charge is 2.14. The highest BCUT2D eigenvalue weighted by Crippen LogP contribution is 2.27. The van der Waals surface area contributed by atoms with Crippen molar-refractivity contribution in [3.05, 3.63) is 69.0 Å². The van der Waals surface area contributed by atoms with Gasteiger partial charge in [0.15, 0.2) is 0 Å². The minimum atomic E-state index is -0.691. The second-order valence-electron chi connectivity index (χ2n) is 5.29. The van der Waals surface area contributed by atoms with Crippen molar-refractivity contribution in [2.45, 2.75) is 6.92 Å². The van der Waals surface area contributed by atoms with Gasteiger partial charge in [-0.15, -0.1) is 0 Å². The molecule has 0 aliphatic heterocycles. The third-order valence-electron chi connectivity index (χ3n) is 3.54. The summed E-state index contributed by atoms with van der Waals surface area (Å²) in [5.74, 6) is -0.0660. The number of carbonyl (C=O) groups is 1. The predicted molar refractivity (Wildman–Crippen MR) is 93.2 cm³/mol. The van der Waals surface area contributed by atoms with E-state index >= 15 is 0 Å². The summed E-state index contributed by atoms with van der Waals surface area (Å²) in [6, 6.07) is 11.7. The lowest BCUT2D eigenvalue weighted by Crippen LogP contribution is -2.20. The first-order valence-corrected chi connectivity index (χ1v) is 7.55. The number of methoxy groups -OCH3 is 1. The number of carbonyl (C=O) groups excluding carboxylic acids is 1. The van der Waals surface area contributed by atoms with Crippen molar-refractivity contribution in [2.24, 2.45) is 0 Å². The summed E-state index contributed by atoms with van der Waals surface area (Å²) < 4.78 is 10.3.